The van der Waals surface area contributed by atoms with E-state index in [9.17, 15) is 13.0 Å². The zero-order valence-electron chi connectivity index (χ0n) is 6.88. The Morgan fingerprint density at radius 1 is 1.43 bits per heavy atom. The maximum absolute atomic E-state index is 13.0. The molecular formula is C8H6F2NO2S+. The number of rotatable bonds is 2. The highest BCUT2D eigenvalue weighted by molar-refractivity contribution is 7.84. The van der Waals surface area contributed by atoms with Crippen LogP contribution in [0.3, 0.4) is 0 Å². The lowest BCUT2D eigenvalue weighted by molar-refractivity contribution is 0.269. The molecule has 3 nitrogen and oxygen atoms in total. The lowest BCUT2D eigenvalue weighted by atomic mass is 10.1. The number of halogens is 2. The van der Waals surface area contributed by atoms with E-state index >= 15 is 0 Å². The van der Waals surface area contributed by atoms with E-state index in [1.54, 1.807) is 0 Å². The predicted octanol–water partition coefficient (Wildman–Crippen LogP) is 1.21. The summed E-state index contributed by atoms with van der Waals surface area (Å²) in [7, 11) is 0. The quantitative estimate of drug-likeness (QED) is 0.445. The summed E-state index contributed by atoms with van der Waals surface area (Å²) in [6.45, 7) is -0.754. The van der Waals surface area contributed by atoms with Crippen LogP contribution in [-0.2, 0) is 22.5 Å². The molecule has 0 aliphatic carbocycles. The van der Waals surface area contributed by atoms with Crippen molar-refractivity contribution >= 4 is 16.7 Å². The molecule has 0 spiro atoms. The van der Waals surface area contributed by atoms with Crippen LogP contribution in [0.5, 0.6) is 0 Å². The lowest BCUT2D eigenvalue weighted by Gasteiger charge is -2.00. The highest BCUT2D eigenvalue weighted by Crippen LogP contribution is 2.15. The van der Waals surface area contributed by atoms with Gasteiger partial charge < -0.3 is 5.11 Å². The molecular weight excluding hydrogens is 212 g/mol. The maximum atomic E-state index is 13.0. The second-order valence-corrected chi connectivity index (χ2v) is 3.06. The topological polar surface area (TPSA) is 61.2 Å². The summed E-state index contributed by atoms with van der Waals surface area (Å²) in [6.07, 6.45) is 0. The molecule has 0 aliphatic rings. The number of aliphatic hydroxyl groups excluding tert-OH is 1. The largest absolute Gasteiger partial charge is 0.527 e. The molecule has 0 atom stereocenters. The maximum Gasteiger partial charge on any atom is 0.527 e. The Morgan fingerprint density at radius 2 is 1.93 bits per heavy atom. The number of nitrogens with one attached hydrogen (secondary N) is 1. The first-order chi connectivity index (χ1) is 6.60. The molecule has 14 heavy (non-hydrogen) atoms. The summed E-state index contributed by atoms with van der Waals surface area (Å²) in [4.78, 5) is 0. The minimum atomic E-state index is -0.957. The van der Waals surface area contributed by atoms with E-state index in [1.165, 1.54) is 0 Å². The Morgan fingerprint density at radius 3 is 2.29 bits per heavy atom. The fraction of sp³-hybridized carbons (Fsp3) is 0.125. The van der Waals surface area contributed by atoms with Gasteiger partial charge in [-0.15, -0.1) is 0 Å². The average molecular weight is 218 g/mol. The van der Waals surface area contributed by atoms with Gasteiger partial charge in [0.25, 0.3) is 0 Å². The van der Waals surface area contributed by atoms with Gasteiger partial charge in [0.15, 0.2) is 0 Å². The molecule has 1 aromatic rings. The molecule has 0 unspecified atom stereocenters. The number of hydrogen-bond donors (Lipinski definition) is 2. The first-order valence-corrected chi connectivity index (χ1v) is 4.31. The Bertz CT molecular complexity index is 372. The smallest absolute Gasteiger partial charge is 0.391 e. The van der Waals surface area contributed by atoms with E-state index < -0.39 is 28.8 Å². The summed E-state index contributed by atoms with van der Waals surface area (Å²) in [6, 6.07) is 1.70. The molecule has 0 heterocycles. The summed E-state index contributed by atoms with van der Waals surface area (Å²) in [5, 5.41) is 15.2. The summed E-state index contributed by atoms with van der Waals surface area (Å²) >= 11 is -0.154. The normalized spacial score (nSPS) is 9.93. The van der Waals surface area contributed by atoms with Crippen molar-refractivity contribution in [1.29, 1.82) is 5.41 Å². The Labute approximate surface area is 82.4 Å². The van der Waals surface area contributed by atoms with Crippen molar-refractivity contribution in [3.8, 4) is 0 Å². The van der Waals surface area contributed by atoms with Crippen LogP contribution in [0.15, 0.2) is 12.1 Å². The first kappa shape index (κ1) is 10.8. The molecule has 1 aromatic carbocycles. The van der Waals surface area contributed by atoms with Crippen LogP contribution < -0.4 is 0 Å². The van der Waals surface area contributed by atoms with Crippen LogP contribution in [0.25, 0.3) is 0 Å². The van der Waals surface area contributed by atoms with Crippen LogP contribution in [-0.4, -0.2) is 10.2 Å². The van der Waals surface area contributed by atoms with Gasteiger partial charge in [0, 0.05) is 9.77 Å². The summed E-state index contributed by atoms with van der Waals surface area (Å²) in [5.41, 5.74) is -0.588. The average Bonchev–Trinajstić information content (AvgIpc) is 2.16. The van der Waals surface area contributed by atoms with Crippen molar-refractivity contribution in [2.75, 3.05) is 0 Å². The van der Waals surface area contributed by atoms with Crippen LogP contribution in [0.2, 0.25) is 0 Å². The monoisotopic (exact) mass is 218 g/mol. The highest BCUT2D eigenvalue weighted by atomic mass is 32.1. The minimum Gasteiger partial charge on any atom is -0.391 e. The second kappa shape index (κ2) is 4.30. The first-order valence-electron chi connectivity index (χ1n) is 3.57. The Balaban J connectivity index is 3.27. The molecule has 74 valence electrons. The van der Waals surface area contributed by atoms with Gasteiger partial charge in [0.1, 0.15) is 11.6 Å². The number of aliphatic hydroxyl groups is 1. The van der Waals surface area contributed by atoms with Gasteiger partial charge in [-0.05, 0) is 12.1 Å². The zero-order chi connectivity index (χ0) is 10.7. The van der Waals surface area contributed by atoms with Crippen molar-refractivity contribution in [3.63, 3.8) is 0 Å². The third-order valence-corrected chi connectivity index (χ3v) is 2.05. The third-order valence-electron chi connectivity index (χ3n) is 1.64. The molecule has 0 saturated heterocycles. The number of hydrogen-bond acceptors (Lipinski definition) is 3. The highest BCUT2D eigenvalue weighted by Gasteiger charge is 2.19. The second-order valence-electron chi connectivity index (χ2n) is 2.49. The van der Waals surface area contributed by atoms with Crippen LogP contribution in [0.1, 0.15) is 11.1 Å². The molecule has 0 amide bonds. The third kappa shape index (κ3) is 1.97. The van der Waals surface area contributed by atoms with Gasteiger partial charge in [-0.25, -0.2) is 14.2 Å². The molecule has 0 aliphatic heterocycles. The van der Waals surface area contributed by atoms with E-state index in [1.807, 2.05) is 0 Å². The Hall–Kier alpha value is -1.27. The molecule has 6 heteroatoms. The molecule has 0 fully saturated rings. The molecule has 1 rings (SSSR count). The molecule has 0 saturated carbocycles. The van der Waals surface area contributed by atoms with Crippen LogP contribution in [0, 0.1) is 17.0 Å². The van der Waals surface area contributed by atoms with Crippen molar-refractivity contribution < 1.29 is 18.1 Å². The Kier molecular flexibility index (Phi) is 3.32. The van der Waals surface area contributed by atoms with Gasteiger partial charge >= 0.3 is 16.7 Å². The SMILES string of the molecule is N=C([S+]=O)c1cc(F)c(CO)c(F)c1. The fourth-order valence-corrected chi connectivity index (χ4v) is 1.15. The predicted molar refractivity (Wildman–Crippen MR) is 47.2 cm³/mol. The number of benzene rings is 1. The molecule has 0 bridgehead atoms. The molecule has 0 radical (unpaired) electrons. The van der Waals surface area contributed by atoms with E-state index in [2.05, 4.69) is 0 Å². The van der Waals surface area contributed by atoms with Crippen molar-refractivity contribution in [2.24, 2.45) is 0 Å². The van der Waals surface area contributed by atoms with Crippen molar-refractivity contribution in [2.45, 2.75) is 6.61 Å². The van der Waals surface area contributed by atoms with Gasteiger partial charge in [0.2, 0.25) is 0 Å². The summed E-state index contributed by atoms with van der Waals surface area (Å²) in [5.74, 6) is -1.91. The van der Waals surface area contributed by atoms with Crippen molar-refractivity contribution in [3.05, 3.63) is 34.9 Å². The van der Waals surface area contributed by atoms with Gasteiger partial charge in [-0.2, -0.15) is 0 Å². The minimum absolute atomic E-state index is 0.128. The zero-order valence-corrected chi connectivity index (χ0v) is 7.70. The standard InChI is InChI=1S/C8H6F2NO2S/c9-6-1-4(8(11)14-13)2-7(10)5(6)3-12/h1-2,11-12H,3H2/q+1. The van der Waals surface area contributed by atoms with Crippen LogP contribution in [0.4, 0.5) is 8.78 Å². The fourth-order valence-electron chi connectivity index (χ4n) is 0.933. The lowest BCUT2D eigenvalue weighted by Crippen LogP contribution is -2.02. The van der Waals surface area contributed by atoms with E-state index in [0.29, 0.717) is 0 Å². The van der Waals surface area contributed by atoms with E-state index in [-0.39, 0.29) is 17.2 Å². The molecule has 2 N–H and O–H groups in total. The van der Waals surface area contributed by atoms with Gasteiger partial charge in [-0.3, -0.25) is 0 Å². The molecule has 0 aromatic heterocycles. The van der Waals surface area contributed by atoms with Crippen molar-refractivity contribution in [1.82, 2.24) is 0 Å². The van der Waals surface area contributed by atoms with Gasteiger partial charge in [0.05, 0.1) is 12.2 Å². The van der Waals surface area contributed by atoms with Crippen LogP contribution >= 0.6 is 0 Å². The van der Waals surface area contributed by atoms with E-state index in [4.69, 9.17) is 10.5 Å². The van der Waals surface area contributed by atoms with E-state index in [0.717, 1.165) is 12.1 Å². The summed E-state index contributed by atoms with van der Waals surface area (Å²) < 4.78 is 36.2. The van der Waals surface area contributed by atoms with Gasteiger partial charge in [-0.1, -0.05) is 0 Å².